The molecule has 0 saturated heterocycles. The van der Waals surface area contributed by atoms with E-state index >= 15 is 0 Å². The van der Waals surface area contributed by atoms with Crippen LogP contribution in [0.4, 0.5) is 0 Å². The van der Waals surface area contributed by atoms with Crippen LogP contribution < -0.4 is 0 Å². The number of thiophene rings is 1. The van der Waals surface area contributed by atoms with E-state index < -0.39 is 0 Å². The van der Waals surface area contributed by atoms with Gasteiger partial charge in [-0.05, 0) is 18.2 Å². The van der Waals surface area contributed by atoms with Crippen molar-refractivity contribution in [1.82, 2.24) is 9.97 Å². The molecule has 3 nitrogen and oxygen atoms in total. The van der Waals surface area contributed by atoms with Crippen LogP contribution in [-0.4, -0.2) is 15.8 Å². The molecule has 0 unspecified atom stereocenters. The molecule has 0 aliphatic carbocycles. The molecule has 0 fully saturated rings. The molecule has 76 valence electrons. The molecule has 0 saturated carbocycles. The Kier molecular flexibility index (Phi) is 2.79. The summed E-state index contributed by atoms with van der Waals surface area (Å²) < 4.78 is 0.702. The van der Waals surface area contributed by atoms with Crippen LogP contribution in [-0.2, 0) is 0 Å². The van der Waals surface area contributed by atoms with Gasteiger partial charge < -0.3 is 0 Å². The lowest BCUT2D eigenvalue weighted by atomic mass is 10.3. The van der Waals surface area contributed by atoms with Gasteiger partial charge in [-0.25, -0.2) is 9.97 Å². The second-order valence-corrected chi connectivity index (χ2v) is 4.64. The van der Waals surface area contributed by atoms with E-state index in [4.69, 9.17) is 11.6 Å². The van der Waals surface area contributed by atoms with Crippen molar-refractivity contribution in [2.75, 3.05) is 0 Å². The van der Waals surface area contributed by atoms with Gasteiger partial charge >= 0.3 is 0 Å². The molecule has 0 spiro atoms. The fourth-order valence-electron chi connectivity index (χ4n) is 1.12. The van der Waals surface area contributed by atoms with Crippen molar-refractivity contribution in [3.8, 4) is 10.6 Å². The largest absolute Gasteiger partial charge is 0.291 e. The van der Waals surface area contributed by atoms with Crippen LogP contribution in [0.25, 0.3) is 10.6 Å². The van der Waals surface area contributed by atoms with Gasteiger partial charge in [0.2, 0.25) is 0 Å². The first-order chi connectivity index (χ1) is 7.16. The van der Waals surface area contributed by atoms with Gasteiger partial charge in [0.25, 0.3) is 0 Å². The van der Waals surface area contributed by atoms with Crippen molar-refractivity contribution >= 4 is 28.7 Å². The summed E-state index contributed by atoms with van der Waals surface area (Å²) in [5.41, 5.74) is 0.729. The molecule has 2 heterocycles. The quantitative estimate of drug-likeness (QED) is 0.756. The summed E-state index contributed by atoms with van der Waals surface area (Å²) in [6.07, 6.45) is 1.58. The molecule has 0 N–H and O–H groups in total. The zero-order valence-corrected chi connectivity index (χ0v) is 9.47. The Morgan fingerprint density at radius 1 is 1.40 bits per heavy atom. The Bertz CT molecular complexity index is 510. The van der Waals surface area contributed by atoms with E-state index in [1.807, 2.05) is 6.07 Å². The average Bonchev–Trinajstić information content (AvgIpc) is 2.65. The van der Waals surface area contributed by atoms with Crippen molar-refractivity contribution < 1.29 is 4.79 Å². The van der Waals surface area contributed by atoms with Gasteiger partial charge in [0.15, 0.2) is 11.6 Å². The van der Waals surface area contributed by atoms with Crippen molar-refractivity contribution in [3.05, 3.63) is 34.6 Å². The highest BCUT2D eigenvalue weighted by atomic mass is 35.5. The first kappa shape index (κ1) is 10.3. The lowest BCUT2D eigenvalue weighted by Crippen LogP contribution is -2.00. The molecule has 5 heteroatoms. The number of aromatic nitrogens is 2. The van der Waals surface area contributed by atoms with Crippen molar-refractivity contribution in [1.29, 1.82) is 0 Å². The van der Waals surface area contributed by atoms with Gasteiger partial charge in [-0.1, -0.05) is 11.6 Å². The maximum absolute atomic E-state index is 11.1. The van der Waals surface area contributed by atoms with Crippen LogP contribution in [0.3, 0.4) is 0 Å². The van der Waals surface area contributed by atoms with E-state index in [9.17, 15) is 4.79 Å². The van der Waals surface area contributed by atoms with Gasteiger partial charge in [-0.3, -0.25) is 4.79 Å². The number of hydrogen-bond acceptors (Lipinski definition) is 4. The molecule has 2 aromatic rings. The summed E-state index contributed by atoms with van der Waals surface area (Å²) in [4.78, 5) is 20.1. The minimum absolute atomic E-state index is 0.139. The van der Waals surface area contributed by atoms with Crippen LogP contribution in [0, 0.1) is 0 Å². The van der Waals surface area contributed by atoms with Gasteiger partial charge in [-0.15, -0.1) is 11.3 Å². The lowest BCUT2D eigenvalue weighted by molar-refractivity contribution is 0.100. The number of halogens is 1. The third-order valence-corrected chi connectivity index (χ3v) is 3.05. The number of carbonyl (C=O) groups is 1. The molecule has 0 atom stereocenters. The number of rotatable bonds is 2. The first-order valence-corrected chi connectivity index (χ1v) is 5.46. The SMILES string of the molecule is CC(=O)c1nccc(-c2ccc(Cl)s2)n1. The van der Waals surface area contributed by atoms with Crippen LogP contribution >= 0.6 is 22.9 Å². The highest BCUT2D eigenvalue weighted by Gasteiger charge is 2.07. The van der Waals surface area contributed by atoms with Crippen LogP contribution in [0.5, 0.6) is 0 Å². The monoisotopic (exact) mass is 238 g/mol. The summed E-state index contributed by atoms with van der Waals surface area (Å²) in [6.45, 7) is 1.44. The number of carbonyl (C=O) groups excluding carboxylic acids is 1. The van der Waals surface area contributed by atoms with E-state index in [-0.39, 0.29) is 11.6 Å². The smallest absolute Gasteiger partial charge is 0.196 e. The summed E-state index contributed by atoms with van der Waals surface area (Å²) in [6, 6.07) is 5.44. The predicted molar refractivity (Wildman–Crippen MR) is 60.4 cm³/mol. The number of Topliss-reactive ketones (excluding diaryl/α,β-unsaturated/α-hetero) is 1. The van der Waals surface area contributed by atoms with Gasteiger partial charge in [-0.2, -0.15) is 0 Å². The second-order valence-electron chi connectivity index (χ2n) is 2.93. The normalized spacial score (nSPS) is 10.3. The molecule has 2 rings (SSSR count). The van der Waals surface area contributed by atoms with E-state index in [1.165, 1.54) is 18.3 Å². The Labute approximate surface area is 95.8 Å². The average molecular weight is 239 g/mol. The Morgan fingerprint density at radius 2 is 2.20 bits per heavy atom. The minimum Gasteiger partial charge on any atom is -0.291 e. The molecule has 0 amide bonds. The van der Waals surface area contributed by atoms with Gasteiger partial charge in [0, 0.05) is 13.1 Å². The number of ketones is 1. The van der Waals surface area contributed by atoms with Crippen LogP contribution in [0.2, 0.25) is 4.34 Å². The molecule has 15 heavy (non-hydrogen) atoms. The van der Waals surface area contributed by atoms with Crippen molar-refractivity contribution in [2.45, 2.75) is 6.92 Å². The highest BCUT2D eigenvalue weighted by Crippen LogP contribution is 2.29. The molecule has 2 aromatic heterocycles. The maximum atomic E-state index is 11.1. The highest BCUT2D eigenvalue weighted by molar-refractivity contribution is 7.19. The topological polar surface area (TPSA) is 42.9 Å². The number of hydrogen-bond donors (Lipinski definition) is 0. The summed E-state index contributed by atoms with van der Waals surface area (Å²) in [7, 11) is 0. The third kappa shape index (κ3) is 2.22. The minimum atomic E-state index is -0.139. The summed E-state index contributed by atoms with van der Waals surface area (Å²) in [5.74, 6) is 0.0940. The molecule has 0 aliphatic rings. The van der Waals surface area contributed by atoms with E-state index in [1.54, 1.807) is 18.3 Å². The second kappa shape index (κ2) is 4.08. The Morgan fingerprint density at radius 3 is 2.80 bits per heavy atom. The van der Waals surface area contributed by atoms with E-state index in [0.717, 1.165) is 10.6 Å². The fraction of sp³-hybridized carbons (Fsp3) is 0.100. The molecule has 0 bridgehead atoms. The zero-order chi connectivity index (χ0) is 10.8. The fourth-order valence-corrected chi connectivity index (χ4v) is 2.13. The number of nitrogens with zero attached hydrogens (tertiary/aromatic N) is 2. The Hall–Kier alpha value is -1.26. The maximum Gasteiger partial charge on any atom is 0.196 e. The first-order valence-electron chi connectivity index (χ1n) is 4.26. The molecule has 0 radical (unpaired) electrons. The van der Waals surface area contributed by atoms with E-state index in [2.05, 4.69) is 9.97 Å². The lowest BCUT2D eigenvalue weighted by Gasteiger charge is -1.97. The van der Waals surface area contributed by atoms with E-state index in [0.29, 0.717) is 4.34 Å². The summed E-state index contributed by atoms with van der Waals surface area (Å²) in [5, 5.41) is 0. The van der Waals surface area contributed by atoms with Crippen molar-refractivity contribution in [2.24, 2.45) is 0 Å². The molecule has 0 aromatic carbocycles. The molecular weight excluding hydrogens is 232 g/mol. The zero-order valence-electron chi connectivity index (χ0n) is 7.90. The molecule has 0 aliphatic heterocycles. The van der Waals surface area contributed by atoms with Crippen molar-refractivity contribution in [3.63, 3.8) is 0 Å². The van der Waals surface area contributed by atoms with Crippen LogP contribution in [0.15, 0.2) is 24.4 Å². The third-order valence-electron chi connectivity index (χ3n) is 1.80. The van der Waals surface area contributed by atoms with Gasteiger partial charge in [0.05, 0.1) is 14.9 Å². The van der Waals surface area contributed by atoms with Gasteiger partial charge in [0.1, 0.15) is 0 Å². The van der Waals surface area contributed by atoms with Crippen LogP contribution in [0.1, 0.15) is 17.5 Å². The summed E-state index contributed by atoms with van der Waals surface area (Å²) >= 11 is 7.25. The predicted octanol–water partition coefficient (Wildman–Crippen LogP) is 3.06. The molecular formula is C10H7ClN2OS. The standard InChI is InChI=1S/C10H7ClN2OS/c1-6(14)10-12-5-4-7(13-10)8-2-3-9(11)15-8/h2-5H,1H3. The Balaban J connectivity index is 2.45.